The van der Waals surface area contributed by atoms with Gasteiger partial charge in [-0.25, -0.2) is 4.98 Å². The molecule has 0 radical (unpaired) electrons. The minimum absolute atomic E-state index is 0.0874. The second-order valence-electron chi connectivity index (χ2n) is 7.93. The number of imide groups is 1. The van der Waals surface area contributed by atoms with Crippen LogP contribution in [-0.2, 0) is 14.4 Å². The summed E-state index contributed by atoms with van der Waals surface area (Å²) in [6, 6.07) is 7.73. The van der Waals surface area contributed by atoms with Crippen LogP contribution in [0, 0.1) is 11.8 Å². The van der Waals surface area contributed by atoms with Gasteiger partial charge >= 0.3 is 0 Å². The Labute approximate surface area is 170 Å². The minimum atomic E-state index is -0.161. The van der Waals surface area contributed by atoms with E-state index >= 15 is 0 Å². The summed E-state index contributed by atoms with van der Waals surface area (Å²) in [6.45, 7) is 2.09. The summed E-state index contributed by atoms with van der Waals surface area (Å²) in [4.78, 5) is 42.7. The number of nitrogens with one attached hydrogen (secondary N) is 1. The van der Waals surface area contributed by atoms with Crippen molar-refractivity contribution in [2.45, 2.75) is 45.1 Å². The number of imidazole rings is 1. The van der Waals surface area contributed by atoms with Gasteiger partial charge in [-0.15, -0.1) is 0 Å². The van der Waals surface area contributed by atoms with Crippen molar-refractivity contribution >= 4 is 17.7 Å². The molecule has 152 valence electrons. The lowest BCUT2D eigenvalue weighted by atomic mass is 9.81. The molecule has 3 amide bonds. The quantitative estimate of drug-likeness (QED) is 0.764. The van der Waals surface area contributed by atoms with Crippen LogP contribution in [0.5, 0.6) is 0 Å². The predicted octanol–water partition coefficient (Wildman–Crippen LogP) is 2.61. The second kappa shape index (κ2) is 8.19. The van der Waals surface area contributed by atoms with Crippen molar-refractivity contribution in [1.82, 2.24) is 19.8 Å². The summed E-state index contributed by atoms with van der Waals surface area (Å²) in [6.07, 6.45) is 9.07. The monoisotopic (exact) mass is 394 g/mol. The number of benzene rings is 1. The van der Waals surface area contributed by atoms with Crippen LogP contribution >= 0.6 is 0 Å². The van der Waals surface area contributed by atoms with E-state index in [2.05, 4.69) is 10.3 Å². The van der Waals surface area contributed by atoms with E-state index < -0.39 is 0 Å². The van der Waals surface area contributed by atoms with Crippen molar-refractivity contribution in [2.75, 3.05) is 6.54 Å². The maximum absolute atomic E-state index is 12.5. The molecule has 1 aliphatic carbocycles. The third kappa shape index (κ3) is 3.95. The van der Waals surface area contributed by atoms with Gasteiger partial charge in [-0.3, -0.25) is 19.3 Å². The Morgan fingerprint density at radius 1 is 1.14 bits per heavy atom. The van der Waals surface area contributed by atoms with E-state index in [4.69, 9.17) is 0 Å². The van der Waals surface area contributed by atoms with E-state index in [1.807, 2.05) is 42.0 Å². The molecule has 1 N–H and O–H groups in total. The van der Waals surface area contributed by atoms with Crippen LogP contribution < -0.4 is 5.32 Å². The lowest BCUT2D eigenvalue weighted by Crippen LogP contribution is -2.36. The van der Waals surface area contributed by atoms with Crippen LogP contribution in [0.4, 0.5) is 0 Å². The Kier molecular flexibility index (Phi) is 5.47. The number of amides is 3. The second-order valence-corrected chi connectivity index (χ2v) is 7.93. The van der Waals surface area contributed by atoms with Gasteiger partial charge in [0.25, 0.3) is 0 Å². The van der Waals surface area contributed by atoms with Crippen molar-refractivity contribution in [3.8, 4) is 5.69 Å². The lowest BCUT2D eigenvalue weighted by molar-refractivity contribution is -0.140. The fourth-order valence-electron chi connectivity index (χ4n) is 4.41. The zero-order chi connectivity index (χ0) is 20.4. The maximum atomic E-state index is 12.5. The number of fused-ring (bicyclic) bond motifs is 1. The maximum Gasteiger partial charge on any atom is 0.233 e. The summed E-state index contributed by atoms with van der Waals surface area (Å²) in [7, 11) is 0. The number of nitrogens with zero attached hydrogens (tertiary/aromatic N) is 3. The Hall–Kier alpha value is -2.96. The number of carbonyl (C=O) groups is 3. The Morgan fingerprint density at radius 2 is 1.79 bits per heavy atom. The summed E-state index contributed by atoms with van der Waals surface area (Å²) in [5, 5.41) is 2.96. The average molecular weight is 394 g/mol. The molecule has 2 aromatic rings. The highest BCUT2D eigenvalue weighted by Crippen LogP contribution is 2.37. The fourth-order valence-corrected chi connectivity index (χ4v) is 4.41. The van der Waals surface area contributed by atoms with E-state index in [-0.39, 0.29) is 48.6 Å². The van der Waals surface area contributed by atoms with Crippen molar-refractivity contribution < 1.29 is 14.4 Å². The highest BCUT2D eigenvalue weighted by molar-refractivity contribution is 6.05. The van der Waals surface area contributed by atoms with Crippen LogP contribution in [0.3, 0.4) is 0 Å². The predicted molar refractivity (Wildman–Crippen MR) is 107 cm³/mol. The number of hydrogen-bond acceptors (Lipinski definition) is 4. The summed E-state index contributed by atoms with van der Waals surface area (Å²) >= 11 is 0. The van der Waals surface area contributed by atoms with Gasteiger partial charge in [0.2, 0.25) is 17.7 Å². The molecular weight excluding hydrogens is 368 g/mol. The number of aromatic nitrogens is 2. The van der Waals surface area contributed by atoms with Crippen molar-refractivity contribution in [3.63, 3.8) is 0 Å². The molecule has 7 heteroatoms. The molecule has 7 nitrogen and oxygen atoms in total. The van der Waals surface area contributed by atoms with E-state index in [0.717, 1.165) is 36.9 Å². The standard InChI is InChI=1S/C22H26N4O3/c1-15(16-6-8-17(9-7-16)25-13-11-23-14-25)24-20(27)10-12-26-21(28)18-4-2-3-5-19(18)22(26)29/h6-9,11,13-15,18-19H,2-5,10,12H2,1H3,(H,24,27)/t15-,18-,19+/m0/s1. The molecule has 0 unspecified atom stereocenters. The third-order valence-corrected chi connectivity index (χ3v) is 6.07. The van der Waals surface area contributed by atoms with Gasteiger partial charge in [-0.1, -0.05) is 25.0 Å². The molecule has 1 aromatic heterocycles. The molecular formula is C22H26N4O3. The van der Waals surface area contributed by atoms with E-state index in [1.165, 1.54) is 4.90 Å². The van der Waals surface area contributed by atoms with E-state index in [9.17, 15) is 14.4 Å². The summed E-state index contributed by atoms with van der Waals surface area (Å²) < 4.78 is 1.91. The minimum Gasteiger partial charge on any atom is -0.350 e. The molecule has 29 heavy (non-hydrogen) atoms. The van der Waals surface area contributed by atoms with Crippen LogP contribution in [0.25, 0.3) is 5.69 Å². The Balaban J connectivity index is 1.30. The first-order valence-corrected chi connectivity index (χ1v) is 10.3. The largest absolute Gasteiger partial charge is 0.350 e. The molecule has 1 aromatic carbocycles. The molecule has 1 saturated heterocycles. The van der Waals surface area contributed by atoms with Crippen molar-refractivity contribution in [2.24, 2.45) is 11.8 Å². The van der Waals surface area contributed by atoms with Gasteiger partial charge in [0, 0.05) is 31.0 Å². The van der Waals surface area contributed by atoms with Gasteiger partial charge < -0.3 is 9.88 Å². The molecule has 3 atom stereocenters. The first-order chi connectivity index (χ1) is 14.0. The molecule has 1 saturated carbocycles. The fraction of sp³-hybridized carbons (Fsp3) is 0.455. The third-order valence-electron chi connectivity index (χ3n) is 6.07. The van der Waals surface area contributed by atoms with E-state index in [1.54, 1.807) is 12.5 Å². The molecule has 2 aliphatic rings. The van der Waals surface area contributed by atoms with Crippen LogP contribution in [-0.4, -0.2) is 38.7 Å². The topological polar surface area (TPSA) is 84.3 Å². The SMILES string of the molecule is C[C@H](NC(=O)CCN1C(=O)[C@H]2CCCC[C@H]2C1=O)c1ccc(-n2ccnc2)cc1. The molecule has 0 bridgehead atoms. The van der Waals surface area contributed by atoms with Gasteiger partial charge in [0.15, 0.2) is 0 Å². The van der Waals surface area contributed by atoms with Crippen LogP contribution in [0.1, 0.15) is 50.6 Å². The first-order valence-electron chi connectivity index (χ1n) is 10.3. The summed E-state index contributed by atoms with van der Waals surface area (Å²) in [5.41, 5.74) is 1.99. The van der Waals surface area contributed by atoms with Gasteiger partial charge in [-0.2, -0.15) is 0 Å². The van der Waals surface area contributed by atoms with Gasteiger partial charge in [0.1, 0.15) is 0 Å². The Morgan fingerprint density at radius 3 is 2.38 bits per heavy atom. The van der Waals surface area contributed by atoms with Crippen molar-refractivity contribution in [1.29, 1.82) is 0 Å². The molecule has 2 heterocycles. The zero-order valence-electron chi connectivity index (χ0n) is 16.6. The van der Waals surface area contributed by atoms with E-state index in [0.29, 0.717) is 0 Å². The average Bonchev–Trinajstić information content (AvgIpc) is 3.35. The number of rotatable bonds is 6. The highest BCUT2D eigenvalue weighted by Gasteiger charge is 2.47. The number of hydrogen-bond donors (Lipinski definition) is 1. The van der Waals surface area contributed by atoms with Gasteiger partial charge in [-0.05, 0) is 37.5 Å². The normalized spacial score (nSPS) is 22.4. The number of carbonyl (C=O) groups excluding carboxylic acids is 3. The molecule has 4 rings (SSSR count). The van der Waals surface area contributed by atoms with Crippen molar-refractivity contribution in [3.05, 3.63) is 48.5 Å². The number of likely N-dealkylation sites (tertiary alicyclic amines) is 1. The highest BCUT2D eigenvalue weighted by atomic mass is 16.2. The molecule has 2 fully saturated rings. The lowest BCUT2D eigenvalue weighted by Gasteiger charge is -2.19. The summed E-state index contributed by atoms with van der Waals surface area (Å²) in [5.74, 6) is -0.655. The first kappa shape index (κ1) is 19.4. The molecule has 0 spiro atoms. The van der Waals surface area contributed by atoms with Gasteiger partial charge in [0.05, 0.1) is 24.2 Å². The zero-order valence-corrected chi connectivity index (χ0v) is 16.6. The Bertz CT molecular complexity index is 867. The van der Waals surface area contributed by atoms with Crippen LogP contribution in [0.15, 0.2) is 43.0 Å². The smallest absolute Gasteiger partial charge is 0.233 e. The molecule has 1 aliphatic heterocycles. The van der Waals surface area contributed by atoms with Crippen LogP contribution in [0.2, 0.25) is 0 Å².